The van der Waals surface area contributed by atoms with Crippen LogP contribution in [-0.2, 0) is 20.1 Å². The maximum absolute atomic E-state index is 12.9. The summed E-state index contributed by atoms with van der Waals surface area (Å²) in [5.41, 5.74) is 1.60. The van der Waals surface area contributed by atoms with Crippen LogP contribution < -0.4 is 5.32 Å². The first-order valence-corrected chi connectivity index (χ1v) is 5.28. The van der Waals surface area contributed by atoms with E-state index in [2.05, 4.69) is 10.4 Å². The maximum Gasteiger partial charge on any atom is 0.126 e. The van der Waals surface area contributed by atoms with Gasteiger partial charge in [0.05, 0.1) is 5.69 Å². The molecule has 2 aromatic rings. The van der Waals surface area contributed by atoms with E-state index in [-0.39, 0.29) is 0 Å². The molecule has 2 rings (SSSR count). The standard InChI is InChI=1S/C12H13F2N3/c1-17-12(2-3-16-17)8-15-7-9-4-10(13)6-11(14)5-9/h2-6,15H,7-8H2,1H3. The first-order valence-electron chi connectivity index (χ1n) is 5.28. The third-order valence-electron chi connectivity index (χ3n) is 2.48. The number of halogens is 2. The molecule has 90 valence electrons. The second-order valence-electron chi connectivity index (χ2n) is 3.83. The highest BCUT2D eigenvalue weighted by molar-refractivity contribution is 5.17. The molecule has 0 aliphatic heterocycles. The van der Waals surface area contributed by atoms with Crippen molar-refractivity contribution in [3.05, 3.63) is 53.4 Å². The van der Waals surface area contributed by atoms with E-state index < -0.39 is 11.6 Å². The van der Waals surface area contributed by atoms with Crippen LogP contribution in [0, 0.1) is 11.6 Å². The van der Waals surface area contributed by atoms with E-state index in [9.17, 15) is 8.78 Å². The van der Waals surface area contributed by atoms with Crippen molar-refractivity contribution in [1.29, 1.82) is 0 Å². The van der Waals surface area contributed by atoms with Crippen molar-refractivity contribution in [1.82, 2.24) is 15.1 Å². The van der Waals surface area contributed by atoms with Crippen LogP contribution in [0.2, 0.25) is 0 Å². The van der Waals surface area contributed by atoms with Crippen molar-refractivity contribution in [2.75, 3.05) is 0 Å². The average Bonchev–Trinajstić information content (AvgIpc) is 2.63. The second kappa shape index (κ2) is 5.05. The average molecular weight is 237 g/mol. The molecule has 0 unspecified atom stereocenters. The lowest BCUT2D eigenvalue weighted by Gasteiger charge is -2.05. The normalized spacial score (nSPS) is 10.8. The number of nitrogens with zero attached hydrogens (tertiary/aromatic N) is 2. The Balaban J connectivity index is 1.92. The van der Waals surface area contributed by atoms with Gasteiger partial charge in [-0.15, -0.1) is 0 Å². The summed E-state index contributed by atoms with van der Waals surface area (Å²) in [5, 5.41) is 7.13. The monoisotopic (exact) mass is 237 g/mol. The van der Waals surface area contributed by atoms with Gasteiger partial charge in [-0.25, -0.2) is 8.78 Å². The van der Waals surface area contributed by atoms with Crippen LogP contribution in [0.15, 0.2) is 30.5 Å². The Morgan fingerprint density at radius 1 is 1.18 bits per heavy atom. The van der Waals surface area contributed by atoms with Gasteiger partial charge in [0.2, 0.25) is 0 Å². The lowest BCUT2D eigenvalue weighted by molar-refractivity contribution is 0.572. The lowest BCUT2D eigenvalue weighted by atomic mass is 10.2. The molecule has 3 nitrogen and oxygen atoms in total. The maximum atomic E-state index is 12.9. The highest BCUT2D eigenvalue weighted by Gasteiger charge is 2.01. The Labute approximate surface area is 98.1 Å². The molecule has 0 atom stereocenters. The topological polar surface area (TPSA) is 29.9 Å². The van der Waals surface area contributed by atoms with Crippen LogP contribution in [0.3, 0.4) is 0 Å². The SMILES string of the molecule is Cn1nccc1CNCc1cc(F)cc(F)c1. The highest BCUT2D eigenvalue weighted by Crippen LogP contribution is 2.07. The number of hydrogen-bond acceptors (Lipinski definition) is 2. The molecule has 0 spiro atoms. The Morgan fingerprint density at radius 3 is 2.47 bits per heavy atom. The number of benzene rings is 1. The Hall–Kier alpha value is -1.75. The summed E-state index contributed by atoms with van der Waals surface area (Å²) in [6.07, 6.45) is 1.71. The van der Waals surface area contributed by atoms with Crippen LogP contribution in [-0.4, -0.2) is 9.78 Å². The minimum absolute atomic E-state index is 0.417. The summed E-state index contributed by atoms with van der Waals surface area (Å²) >= 11 is 0. The van der Waals surface area contributed by atoms with Crippen LogP contribution in [0.4, 0.5) is 8.78 Å². The van der Waals surface area contributed by atoms with E-state index >= 15 is 0 Å². The molecule has 0 saturated heterocycles. The van der Waals surface area contributed by atoms with Crippen molar-refractivity contribution < 1.29 is 8.78 Å². The number of nitrogens with one attached hydrogen (secondary N) is 1. The molecule has 1 aromatic carbocycles. The van der Waals surface area contributed by atoms with Crippen LogP contribution in [0.1, 0.15) is 11.3 Å². The van der Waals surface area contributed by atoms with Gasteiger partial charge in [-0.1, -0.05) is 0 Å². The van der Waals surface area contributed by atoms with Gasteiger partial charge < -0.3 is 5.32 Å². The van der Waals surface area contributed by atoms with Crippen LogP contribution in [0.5, 0.6) is 0 Å². The summed E-state index contributed by atoms with van der Waals surface area (Å²) in [4.78, 5) is 0. The summed E-state index contributed by atoms with van der Waals surface area (Å²) in [6, 6.07) is 5.39. The van der Waals surface area contributed by atoms with Gasteiger partial charge in [0.25, 0.3) is 0 Å². The molecule has 1 N–H and O–H groups in total. The van der Waals surface area contributed by atoms with Gasteiger partial charge in [-0.05, 0) is 23.8 Å². The van der Waals surface area contributed by atoms with E-state index in [0.29, 0.717) is 18.7 Å². The smallest absolute Gasteiger partial charge is 0.126 e. The molecule has 0 bridgehead atoms. The quantitative estimate of drug-likeness (QED) is 0.881. The Kier molecular flexibility index (Phi) is 3.49. The minimum Gasteiger partial charge on any atom is -0.307 e. The molecule has 1 heterocycles. The van der Waals surface area contributed by atoms with Crippen molar-refractivity contribution in [3.8, 4) is 0 Å². The van der Waals surface area contributed by atoms with E-state index in [0.717, 1.165) is 11.8 Å². The molecule has 5 heteroatoms. The predicted octanol–water partition coefficient (Wildman–Crippen LogP) is 1.99. The summed E-state index contributed by atoms with van der Waals surface area (Å²) < 4.78 is 27.6. The molecule has 0 radical (unpaired) electrons. The third kappa shape index (κ3) is 3.10. The van der Waals surface area contributed by atoms with Gasteiger partial charge in [0.15, 0.2) is 0 Å². The van der Waals surface area contributed by atoms with Crippen LogP contribution in [0.25, 0.3) is 0 Å². The fourth-order valence-electron chi connectivity index (χ4n) is 1.62. The molecule has 0 saturated carbocycles. The van der Waals surface area contributed by atoms with E-state index in [1.807, 2.05) is 13.1 Å². The zero-order valence-electron chi connectivity index (χ0n) is 9.45. The van der Waals surface area contributed by atoms with Crippen LogP contribution >= 0.6 is 0 Å². The summed E-state index contributed by atoms with van der Waals surface area (Å²) in [7, 11) is 1.85. The Bertz CT molecular complexity index is 488. The number of rotatable bonds is 4. The predicted molar refractivity (Wildman–Crippen MR) is 60.1 cm³/mol. The summed E-state index contributed by atoms with van der Waals surface area (Å²) in [5.74, 6) is -1.11. The minimum atomic E-state index is -0.553. The molecule has 17 heavy (non-hydrogen) atoms. The summed E-state index contributed by atoms with van der Waals surface area (Å²) in [6.45, 7) is 1.02. The van der Waals surface area contributed by atoms with Crippen molar-refractivity contribution in [3.63, 3.8) is 0 Å². The molecule has 0 amide bonds. The number of aromatic nitrogens is 2. The number of hydrogen-bond donors (Lipinski definition) is 1. The van der Waals surface area contributed by atoms with Gasteiger partial charge in [-0.2, -0.15) is 5.10 Å². The van der Waals surface area contributed by atoms with Gasteiger partial charge in [-0.3, -0.25) is 4.68 Å². The van der Waals surface area contributed by atoms with Crippen molar-refractivity contribution in [2.24, 2.45) is 7.05 Å². The second-order valence-corrected chi connectivity index (χ2v) is 3.83. The largest absolute Gasteiger partial charge is 0.307 e. The Morgan fingerprint density at radius 2 is 1.88 bits per heavy atom. The molecular formula is C12H13F2N3. The lowest BCUT2D eigenvalue weighted by Crippen LogP contribution is -2.15. The molecular weight excluding hydrogens is 224 g/mol. The van der Waals surface area contributed by atoms with Gasteiger partial charge in [0.1, 0.15) is 11.6 Å². The zero-order valence-corrected chi connectivity index (χ0v) is 9.45. The highest BCUT2D eigenvalue weighted by atomic mass is 19.1. The molecule has 0 fully saturated rings. The first kappa shape index (κ1) is 11.7. The van der Waals surface area contributed by atoms with Crippen molar-refractivity contribution in [2.45, 2.75) is 13.1 Å². The molecule has 0 aliphatic rings. The fourth-order valence-corrected chi connectivity index (χ4v) is 1.62. The third-order valence-corrected chi connectivity index (χ3v) is 2.48. The van der Waals surface area contributed by atoms with Gasteiger partial charge in [0, 0.05) is 32.4 Å². The molecule has 0 aliphatic carbocycles. The first-order chi connectivity index (χ1) is 8.15. The van der Waals surface area contributed by atoms with E-state index in [1.165, 1.54) is 12.1 Å². The molecule has 1 aromatic heterocycles. The van der Waals surface area contributed by atoms with Crippen molar-refractivity contribution >= 4 is 0 Å². The van der Waals surface area contributed by atoms with E-state index in [1.54, 1.807) is 10.9 Å². The van der Waals surface area contributed by atoms with Gasteiger partial charge >= 0.3 is 0 Å². The fraction of sp³-hybridized carbons (Fsp3) is 0.250. The zero-order chi connectivity index (χ0) is 12.3. The number of aryl methyl sites for hydroxylation is 1. The van der Waals surface area contributed by atoms with E-state index in [4.69, 9.17) is 0 Å².